The van der Waals surface area contributed by atoms with Crippen LogP contribution in [0.15, 0.2) is 12.1 Å². The van der Waals surface area contributed by atoms with Gasteiger partial charge in [-0.1, -0.05) is 12.8 Å². The first kappa shape index (κ1) is 16.9. The molecule has 0 radical (unpaired) electrons. The smallest absolute Gasteiger partial charge is 0.307 e. The minimum absolute atomic E-state index is 0.00159. The van der Waals surface area contributed by atoms with Crippen LogP contribution in [0.25, 0.3) is 0 Å². The highest BCUT2D eigenvalue weighted by atomic mass is 16.6. The standard InChI is InChI=1S/C21H25NO5/c1-12-13-9-17-18(27-7-6-26-17)10-16(13)21(4-2-3-5-21)11-22(12)19(23)14-8-15(14)20(24)25/h9-10,12,14-15H,2-8,11H2,1H3,(H,24,25). The van der Waals surface area contributed by atoms with Crippen molar-refractivity contribution in [3.8, 4) is 11.5 Å². The molecule has 2 saturated carbocycles. The van der Waals surface area contributed by atoms with Crippen molar-refractivity contribution in [2.75, 3.05) is 19.8 Å². The Labute approximate surface area is 158 Å². The van der Waals surface area contributed by atoms with E-state index in [1.807, 2.05) is 11.8 Å². The minimum Gasteiger partial charge on any atom is -0.486 e. The van der Waals surface area contributed by atoms with E-state index in [1.165, 1.54) is 5.56 Å². The average molecular weight is 371 g/mol. The first-order valence-corrected chi connectivity index (χ1v) is 9.97. The number of fused-ring (bicyclic) bond motifs is 3. The fraction of sp³-hybridized carbons (Fsp3) is 0.619. The summed E-state index contributed by atoms with van der Waals surface area (Å²) >= 11 is 0. The number of carboxylic acids is 1. The molecule has 144 valence electrons. The molecule has 0 saturated heterocycles. The first-order chi connectivity index (χ1) is 13.0. The highest BCUT2D eigenvalue weighted by molar-refractivity contribution is 5.90. The third-order valence-electron chi connectivity index (χ3n) is 6.94. The first-order valence-electron chi connectivity index (χ1n) is 9.97. The number of benzene rings is 1. The van der Waals surface area contributed by atoms with Gasteiger partial charge in [-0.25, -0.2) is 0 Å². The third-order valence-corrected chi connectivity index (χ3v) is 6.94. The number of hydrogen-bond acceptors (Lipinski definition) is 4. The fourth-order valence-electron chi connectivity index (χ4n) is 5.33. The van der Waals surface area contributed by atoms with Gasteiger partial charge in [0.15, 0.2) is 11.5 Å². The van der Waals surface area contributed by atoms with E-state index in [-0.39, 0.29) is 23.3 Å². The third kappa shape index (κ3) is 2.52. The molecule has 1 aromatic rings. The van der Waals surface area contributed by atoms with Crippen molar-refractivity contribution in [2.24, 2.45) is 11.8 Å². The number of nitrogens with zero attached hydrogens (tertiary/aromatic N) is 1. The Morgan fingerprint density at radius 3 is 2.41 bits per heavy atom. The maximum absolute atomic E-state index is 13.1. The summed E-state index contributed by atoms with van der Waals surface area (Å²) in [6.07, 6.45) is 4.90. The van der Waals surface area contributed by atoms with Crippen molar-refractivity contribution in [3.05, 3.63) is 23.3 Å². The van der Waals surface area contributed by atoms with Gasteiger partial charge in [-0.05, 0) is 49.4 Å². The van der Waals surface area contributed by atoms with E-state index in [0.29, 0.717) is 26.2 Å². The Hall–Kier alpha value is -2.24. The van der Waals surface area contributed by atoms with Crippen molar-refractivity contribution < 1.29 is 24.2 Å². The summed E-state index contributed by atoms with van der Waals surface area (Å²) in [7, 11) is 0. The summed E-state index contributed by atoms with van der Waals surface area (Å²) in [6.45, 7) is 3.84. The highest BCUT2D eigenvalue weighted by Gasteiger charge is 2.53. The number of carbonyl (C=O) groups is 2. The van der Waals surface area contributed by atoms with E-state index in [0.717, 1.165) is 42.7 Å². The number of ether oxygens (including phenoxy) is 2. The van der Waals surface area contributed by atoms with Gasteiger partial charge in [-0.2, -0.15) is 0 Å². The van der Waals surface area contributed by atoms with Crippen molar-refractivity contribution in [3.63, 3.8) is 0 Å². The number of hydrogen-bond donors (Lipinski definition) is 1. The Balaban J connectivity index is 1.54. The lowest BCUT2D eigenvalue weighted by Gasteiger charge is -2.46. The summed E-state index contributed by atoms with van der Waals surface area (Å²) < 4.78 is 11.6. The van der Waals surface area contributed by atoms with E-state index >= 15 is 0 Å². The molecule has 1 aromatic carbocycles. The molecule has 5 rings (SSSR count). The van der Waals surface area contributed by atoms with Crippen LogP contribution in [0, 0.1) is 11.8 Å². The summed E-state index contributed by atoms with van der Waals surface area (Å²) in [5.74, 6) is -0.154. The van der Waals surface area contributed by atoms with E-state index in [4.69, 9.17) is 9.47 Å². The van der Waals surface area contributed by atoms with Crippen molar-refractivity contribution in [1.82, 2.24) is 4.90 Å². The monoisotopic (exact) mass is 371 g/mol. The quantitative estimate of drug-likeness (QED) is 0.865. The maximum Gasteiger partial charge on any atom is 0.307 e. The Morgan fingerprint density at radius 1 is 1.11 bits per heavy atom. The van der Waals surface area contributed by atoms with E-state index in [1.54, 1.807) is 0 Å². The highest BCUT2D eigenvalue weighted by Crippen LogP contribution is 2.53. The molecular weight excluding hydrogens is 346 g/mol. The Bertz CT molecular complexity index is 813. The molecule has 6 heteroatoms. The summed E-state index contributed by atoms with van der Waals surface area (Å²) in [5.41, 5.74) is 2.39. The van der Waals surface area contributed by atoms with Gasteiger partial charge in [0.25, 0.3) is 0 Å². The van der Waals surface area contributed by atoms with Crippen LogP contribution in [0.1, 0.15) is 56.2 Å². The molecule has 0 bridgehead atoms. The second kappa shape index (κ2) is 5.88. The summed E-state index contributed by atoms with van der Waals surface area (Å²) in [6, 6.07) is 4.12. The lowest BCUT2D eigenvalue weighted by molar-refractivity contribution is -0.143. The molecule has 6 nitrogen and oxygen atoms in total. The minimum atomic E-state index is -0.853. The summed E-state index contributed by atoms with van der Waals surface area (Å²) in [5, 5.41) is 9.23. The Kier molecular flexibility index (Phi) is 3.68. The Morgan fingerprint density at radius 2 is 1.78 bits per heavy atom. The maximum atomic E-state index is 13.1. The largest absolute Gasteiger partial charge is 0.486 e. The van der Waals surface area contributed by atoms with Crippen molar-refractivity contribution in [1.29, 1.82) is 0 Å². The van der Waals surface area contributed by atoms with E-state index in [9.17, 15) is 14.7 Å². The van der Waals surface area contributed by atoms with Crippen LogP contribution >= 0.6 is 0 Å². The van der Waals surface area contributed by atoms with Crippen LogP contribution < -0.4 is 9.47 Å². The van der Waals surface area contributed by atoms with Gasteiger partial charge in [-0.15, -0.1) is 0 Å². The van der Waals surface area contributed by atoms with Gasteiger partial charge in [0, 0.05) is 12.0 Å². The zero-order valence-electron chi connectivity index (χ0n) is 15.6. The molecule has 3 unspecified atom stereocenters. The molecular formula is C21H25NO5. The zero-order chi connectivity index (χ0) is 18.8. The number of aliphatic carboxylic acids is 1. The van der Waals surface area contributed by atoms with Crippen molar-refractivity contribution >= 4 is 11.9 Å². The molecule has 0 aromatic heterocycles. The van der Waals surface area contributed by atoms with Crippen LogP contribution in [-0.2, 0) is 15.0 Å². The van der Waals surface area contributed by atoms with Crippen LogP contribution in [0.4, 0.5) is 0 Å². The second-order valence-corrected chi connectivity index (χ2v) is 8.50. The van der Waals surface area contributed by atoms with E-state index < -0.39 is 11.9 Å². The van der Waals surface area contributed by atoms with Crippen LogP contribution in [0.2, 0.25) is 0 Å². The van der Waals surface area contributed by atoms with Gasteiger partial charge in [0.2, 0.25) is 5.91 Å². The molecule has 1 spiro atoms. The van der Waals surface area contributed by atoms with Gasteiger partial charge in [0.1, 0.15) is 13.2 Å². The zero-order valence-corrected chi connectivity index (χ0v) is 15.6. The molecule has 3 atom stereocenters. The number of carbonyl (C=O) groups excluding carboxylic acids is 1. The average Bonchev–Trinajstić information content (AvgIpc) is 3.35. The predicted molar refractivity (Wildman–Crippen MR) is 96.9 cm³/mol. The number of carboxylic acid groups (broad SMARTS) is 1. The fourth-order valence-corrected chi connectivity index (χ4v) is 5.33. The van der Waals surface area contributed by atoms with Crippen LogP contribution in [0.5, 0.6) is 11.5 Å². The van der Waals surface area contributed by atoms with Crippen molar-refractivity contribution in [2.45, 2.75) is 50.5 Å². The van der Waals surface area contributed by atoms with E-state index in [2.05, 4.69) is 12.1 Å². The summed E-state index contributed by atoms with van der Waals surface area (Å²) in [4.78, 5) is 26.3. The molecule has 4 aliphatic rings. The molecule has 2 fully saturated rings. The van der Waals surface area contributed by atoms with Gasteiger partial charge in [0.05, 0.1) is 17.9 Å². The van der Waals surface area contributed by atoms with Gasteiger partial charge >= 0.3 is 5.97 Å². The predicted octanol–water partition coefficient (Wildman–Crippen LogP) is 2.89. The van der Waals surface area contributed by atoms with Crippen LogP contribution in [0.3, 0.4) is 0 Å². The molecule has 2 heterocycles. The lowest BCUT2D eigenvalue weighted by Crippen LogP contribution is -2.49. The molecule has 27 heavy (non-hydrogen) atoms. The normalized spacial score (nSPS) is 30.1. The molecule has 2 aliphatic heterocycles. The number of rotatable bonds is 2. The van der Waals surface area contributed by atoms with Gasteiger partial charge < -0.3 is 19.5 Å². The topological polar surface area (TPSA) is 76.1 Å². The molecule has 1 amide bonds. The second-order valence-electron chi connectivity index (χ2n) is 8.50. The number of amides is 1. The molecule has 2 aliphatic carbocycles. The molecule has 1 N–H and O–H groups in total. The van der Waals surface area contributed by atoms with Gasteiger partial charge in [-0.3, -0.25) is 9.59 Å². The lowest BCUT2D eigenvalue weighted by atomic mass is 9.71. The SMILES string of the molecule is CC1c2cc3c(cc2C2(CCCC2)CN1C(=O)C1CC1C(=O)O)OCCO3. The van der Waals surface area contributed by atoms with Crippen LogP contribution in [-0.4, -0.2) is 41.6 Å².